The highest BCUT2D eigenvalue weighted by molar-refractivity contribution is 7.71. The monoisotopic (exact) mass is 453 g/mol. The van der Waals surface area contributed by atoms with E-state index in [2.05, 4.69) is 11.6 Å². The lowest BCUT2D eigenvalue weighted by Crippen LogP contribution is -2.31. The van der Waals surface area contributed by atoms with Crippen LogP contribution in [0, 0.1) is 4.77 Å². The highest BCUT2D eigenvalue weighted by atomic mass is 32.1. The average molecular weight is 454 g/mol. The van der Waals surface area contributed by atoms with Crippen molar-refractivity contribution < 1.29 is 14.3 Å². The van der Waals surface area contributed by atoms with E-state index in [1.165, 1.54) is 4.57 Å². The Kier molecular flexibility index (Phi) is 7.97. The van der Waals surface area contributed by atoms with E-state index in [1.54, 1.807) is 43.4 Å². The van der Waals surface area contributed by atoms with Gasteiger partial charge in [0.15, 0.2) is 4.77 Å². The number of carbonyl (C=O) groups excluding carboxylic acids is 1. The quantitative estimate of drug-likeness (QED) is 0.286. The normalized spacial score (nSPS) is 10.8. The van der Waals surface area contributed by atoms with Crippen LogP contribution in [0.2, 0.25) is 0 Å². The van der Waals surface area contributed by atoms with Crippen molar-refractivity contribution in [1.29, 1.82) is 0 Å². The molecular weight excluding hydrogens is 426 g/mol. The fraction of sp³-hybridized carbons (Fsp3) is 0.292. The van der Waals surface area contributed by atoms with Gasteiger partial charge in [-0.05, 0) is 54.5 Å². The van der Waals surface area contributed by atoms with Gasteiger partial charge in [0, 0.05) is 38.9 Å². The van der Waals surface area contributed by atoms with Crippen molar-refractivity contribution >= 4 is 29.0 Å². The molecule has 0 aliphatic heterocycles. The summed E-state index contributed by atoms with van der Waals surface area (Å²) in [6.07, 6.45) is 2.37. The molecule has 7 nitrogen and oxygen atoms in total. The van der Waals surface area contributed by atoms with Gasteiger partial charge in [-0.15, -0.1) is 6.58 Å². The molecule has 8 heteroatoms. The maximum Gasteiger partial charge on any atom is 0.262 e. The molecule has 0 fully saturated rings. The van der Waals surface area contributed by atoms with Crippen molar-refractivity contribution in [2.24, 2.45) is 0 Å². The van der Waals surface area contributed by atoms with Gasteiger partial charge in [0.1, 0.15) is 5.75 Å². The number of H-pyrrole nitrogens is 1. The molecule has 2 aromatic carbocycles. The molecule has 0 aliphatic rings. The smallest absolute Gasteiger partial charge is 0.262 e. The standard InChI is InChI=1S/C24H27N3O4S/c1-4-12-26(16-17-6-9-19(31-3)10-7-17)22(28)18-8-11-20-21(15-18)25-24(32)27(23(20)29)13-5-14-30-2/h4,6-11,15H,1,5,12-14,16H2,2-3H3,(H,25,32). The highest BCUT2D eigenvalue weighted by Crippen LogP contribution is 2.17. The second-order valence-electron chi connectivity index (χ2n) is 7.32. The Morgan fingerprint density at radius 2 is 1.97 bits per heavy atom. The molecular formula is C24H27N3O4S. The Bertz CT molecular complexity index is 1210. The van der Waals surface area contributed by atoms with Gasteiger partial charge in [-0.3, -0.25) is 14.2 Å². The van der Waals surface area contributed by atoms with E-state index in [0.29, 0.717) is 53.9 Å². The van der Waals surface area contributed by atoms with Crippen LogP contribution < -0.4 is 10.3 Å². The molecule has 0 bridgehead atoms. The van der Waals surface area contributed by atoms with Gasteiger partial charge in [0.2, 0.25) is 0 Å². The maximum absolute atomic E-state index is 13.2. The van der Waals surface area contributed by atoms with Gasteiger partial charge in [0.05, 0.1) is 18.0 Å². The van der Waals surface area contributed by atoms with Crippen LogP contribution in [-0.4, -0.2) is 47.7 Å². The number of ether oxygens (including phenoxy) is 2. The van der Waals surface area contributed by atoms with E-state index < -0.39 is 0 Å². The van der Waals surface area contributed by atoms with Crippen molar-refractivity contribution in [2.75, 3.05) is 27.4 Å². The van der Waals surface area contributed by atoms with Crippen molar-refractivity contribution in [3.8, 4) is 5.75 Å². The van der Waals surface area contributed by atoms with Gasteiger partial charge >= 0.3 is 0 Å². The number of methoxy groups -OCH3 is 2. The van der Waals surface area contributed by atoms with Gasteiger partial charge in [-0.1, -0.05) is 18.2 Å². The number of hydrogen-bond acceptors (Lipinski definition) is 5. The van der Waals surface area contributed by atoms with Crippen LogP contribution in [-0.2, 0) is 17.8 Å². The van der Waals surface area contributed by atoms with E-state index in [-0.39, 0.29) is 11.5 Å². The summed E-state index contributed by atoms with van der Waals surface area (Å²) < 4.78 is 12.1. The molecule has 3 aromatic rings. The molecule has 0 unspecified atom stereocenters. The third-order valence-electron chi connectivity index (χ3n) is 5.13. The zero-order valence-corrected chi connectivity index (χ0v) is 19.1. The van der Waals surface area contributed by atoms with Crippen molar-refractivity contribution in [2.45, 2.75) is 19.5 Å². The number of carbonyl (C=O) groups is 1. The van der Waals surface area contributed by atoms with Crippen LogP contribution in [0.25, 0.3) is 10.9 Å². The molecule has 0 atom stereocenters. The first-order valence-electron chi connectivity index (χ1n) is 10.3. The second-order valence-corrected chi connectivity index (χ2v) is 7.70. The first-order valence-corrected chi connectivity index (χ1v) is 10.7. The molecule has 1 amide bonds. The number of nitrogens with zero attached hydrogens (tertiary/aromatic N) is 2. The zero-order valence-electron chi connectivity index (χ0n) is 18.3. The zero-order chi connectivity index (χ0) is 23.1. The van der Waals surface area contributed by atoms with Crippen molar-refractivity contribution in [3.05, 3.63) is 81.4 Å². The molecule has 0 radical (unpaired) electrons. The number of aromatic nitrogens is 2. The summed E-state index contributed by atoms with van der Waals surface area (Å²) in [6, 6.07) is 12.6. The van der Waals surface area contributed by atoms with E-state index >= 15 is 0 Å². The Morgan fingerprint density at radius 3 is 2.62 bits per heavy atom. The molecule has 1 aromatic heterocycles. The lowest BCUT2D eigenvalue weighted by atomic mass is 10.1. The minimum atomic E-state index is -0.181. The SMILES string of the molecule is C=CCN(Cc1ccc(OC)cc1)C(=O)c1ccc2c(=O)n(CCCOC)c(=S)[nH]c2c1. The first-order chi connectivity index (χ1) is 15.5. The summed E-state index contributed by atoms with van der Waals surface area (Å²) >= 11 is 5.37. The number of amides is 1. The minimum absolute atomic E-state index is 0.161. The molecule has 3 rings (SSSR count). The van der Waals surface area contributed by atoms with Crippen molar-refractivity contribution in [1.82, 2.24) is 14.5 Å². The molecule has 0 aliphatic carbocycles. The molecule has 1 N–H and O–H groups in total. The van der Waals surface area contributed by atoms with Crippen LogP contribution >= 0.6 is 12.2 Å². The van der Waals surface area contributed by atoms with Crippen LogP contribution in [0.4, 0.5) is 0 Å². The van der Waals surface area contributed by atoms with Gasteiger partial charge in [-0.2, -0.15) is 0 Å². The summed E-state index contributed by atoms with van der Waals surface area (Å²) in [5.41, 5.74) is 1.80. The number of rotatable bonds is 10. The second kappa shape index (κ2) is 10.9. The van der Waals surface area contributed by atoms with Gasteiger partial charge in [0.25, 0.3) is 11.5 Å². The van der Waals surface area contributed by atoms with Crippen LogP contribution in [0.5, 0.6) is 5.75 Å². The van der Waals surface area contributed by atoms with E-state index in [4.69, 9.17) is 21.7 Å². The fourth-order valence-corrected chi connectivity index (χ4v) is 3.75. The van der Waals surface area contributed by atoms with Gasteiger partial charge in [-0.25, -0.2) is 0 Å². The lowest BCUT2D eigenvalue weighted by molar-refractivity contribution is 0.0763. The number of fused-ring (bicyclic) bond motifs is 1. The summed E-state index contributed by atoms with van der Waals surface area (Å²) in [4.78, 5) is 30.9. The summed E-state index contributed by atoms with van der Waals surface area (Å²) in [7, 11) is 3.23. The van der Waals surface area contributed by atoms with E-state index in [0.717, 1.165) is 11.3 Å². The van der Waals surface area contributed by atoms with E-state index in [9.17, 15) is 9.59 Å². The number of benzene rings is 2. The van der Waals surface area contributed by atoms with Gasteiger partial charge < -0.3 is 19.4 Å². The summed E-state index contributed by atoms with van der Waals surface area (Å²) in [5, 5.41) is 0.484. The average Bonchev–Trinajstić information content (AvgIpc) is 2.80. The maximum atomic E-state index is 13.2. The summed E-state index contributed by atoms with van der Waals surface area (Å²) in [5.74, 6) is 0.596. The number of nitrogens with one attached hydrogen (secondary N) is 1. The van der Waals surface area contributed by atoms with Crippen LogP contribution in [0.15, 0.2) is 59.9 Å². The highest BCUT2D eigenvalue weighted by Gasteiger charge is 2.17. The largest absolute Gasteiger partial charge is 0.497 e. The minimum Gasteiger partial charge on any atom is -0.497 e. The predicted molar refractivity (Wildman–Crippen MR) is 128 cm³/mol. The number of hydrogen-bond donors (Lipinski definition) is 1. The van der Waals surface area contributed by atoms with E-state index in [1.807, 2.05) is 24.3 Å². The Balaban J connectivity index is 1.89. The number of aromatic amines is 1. The molecule has 32 heavy (non-hydrogen) atoms. The Labute approximate surface area is 191 Å². The first kappa shape index (κ1) is 23.4. The Hall–Kier alpha value is -3.23. The molecule has 0 saturated heterocycles. The third-order valence-corrected chi connectivity index (χ3v) is 5.45. The molecule has 168 valence electrons. The molecule has 0 spiro atoms. The third kappa shape index (κ3) is 5.33. The predicted octanol–water partition coefficient (Wildman–Crippen LogP) is 3.93. The lowest BCUT2D eigenvalue weighted by Gasteiger charge is -2.22. The summed E-state index contributed by atoms with van der Waals surface area (Å²) in [6.45, 7) is 5.59. The van der Waals surface area contributed by atoms with Crippen LogP contribution in [0.3, 0.4) is 0 Å². The fourth-order valence-electron chi connectivity index (χ4n) is 3.47. The Morgan fingerprint density at radius 1 is 1.22 bits per heavy atom. The molecule has 0 saturated carbocycles. The molecule has 1 heterocycles. The van der Waals surface area contributed by atoms with Crippen molar-refractivity contribution in [3.63, 3.8) is 0 Å². The topological polar surface area (TPSA) is 76.6 Å². The van der Waals surface area contributed by atoms with Crippen LogP contribution in [0.1, 0.15) is 22.3 Å².